The monoisotopic (exact) mass is 746 g/mol. The summed E-state index contributed by atoms with van der Waals surface area (Å²) >= 11 is 12.7. The highest BCUT2D eigenvalue weighted by atomic mass is 35.5. The number of amides is 2. The second-order valence-corrected chi connectivity index (χ2v) is 15.1. The van der Waals surface area contributed by atoms with Gasteiger partial charge in [0.2, 0.25) is 5.91 Å². The van der Waals surface area contributed by atoms with Crippen molar-refractivity contribution >= 4 is 56.9 Å². The van der Waals surface area contributed by atoms with Crippen molar-refractivity contribution in [2.45, 2.75) is 39.3 Å². The summed E-state index contributed by atoms with van der Waals surface area (Å²) in [6.07, 6.45) is -0.220. The number of rotatable bonds is 11. The van der Waals surface area contributed by atoms with Gasteiger partial charge in [-0.25, -0.2) is 0 Å². The molecule has 0 saturated carbocycles. The first-order valence-electron chi connectivity index (χ1n) is 15.4. The van der Waals surface area contributed by atoms with E-state index >= 15 is 0 Å². The van der Waals surface area contributed by atoms with Gasteiger partial charge in [0.15, 0.2) is 0 Å². The third-order valence-electron chi connectivity index (χ3n) is 7.57. The molecule has 7 nitrogen and oxygen atoms in total. The van der Waals surface area contributed by atoms with Crippen molar-refractivity contribution in [2.75, 3.05) is 17.6 Å². The molecule has 0 heterocycles. The summed E-state index contributed by atoms with van der Waals surface area (Å²) in [5, 5.41) is 5.35. The maximum absolute atomic E-state index is 13.9. The molecule has 264 valence electrons. The van der Waals surface area contributed by atoms with E-state index in [-0.39, 0.29) is 45.6 Å². The fourth-order valence-corrected chi connectivity index (χ4v) is 5.78. The van der Waals surface area contributed by atoms with Crippen LogP contribution >= 0.6 is 23.2 Å². The average molecular weight is 748 g/mol. The minimum Gasteiger partial charge on any atom is -0.351 e. The van der Waals surface area contributed by atoms with Gasteiger partial charge in [-0.1, -0.05) is 105 Å². The number of anilines is 1. The van der Waals surface area contributed by atoms with Crippen molar-refractivity contribution in [2.24, 2.45) is 5.41 Å². The zero-order valence-electron chi connectivity index (χ0n) is 27.3. The lowest BCUT2D eigenvalue weighted by molar-refractivity contribution is -0.137. The number of carbonyl (C=O) groups is 2. The molecular formula is C37H35Cl2F3N2O5S. The van der Waals surface area contributed by atoms with Gasteiger partial charge in [-0.05, 0) is 70.5 Å². The van der Waals surface area contributed by atoms with E-state index in [1.807, 2.05) is 30.3 Å². The van der Waals surface area contributed by atoms with Crippen LogP contribution in [0.1, 0.15) is 59.3 Å². The molecule has 0 aliphatic rings. The maximum atomic E-state index is 13.9. The van der Waals surface area contributed by atoms with Gasteiger partial charge in [0.25, 0.3) is 16.0 Å². The normalized spacial score (nSPS) is 12.9. The molecule has 0 aliphatic carbocycles. The van der Waals surface area contributed by atoms with E-state index in [4.69, 9.17) is 27.8 Å². The first kappa shape index (κ1) is 38.6. The number of hydrogen-bond donors (Lipinski definition) is 3. The van der Waals surface area contributed by atoms with E-state index in [1.165, 1.54) is 12.1 Å². The van der Waals surface area contributed by atoms with Crippen molar-refractivity contribution in [1.29, 1.82) is 0 Å². The summed E-state index contributed by atoms with van der Waals surface area (Å²) in [5.74, 6) is -2.22. The van der Waals surface area contributed by atoms with E-state index in [0.29, 0.717) is 16.7 Å². The molecule has 0 aromatic heterocycles. The number of carbonyl (C=O) groups excluding carboxylic acids is 2. The standard InChI is InChI=1S/C37H35Cl2F3N2O5S/c1-36(2,3)17-16-23-4-8-25(9-5-23)30(20-24-6-10-26(11-7-24)34(45)43-18-19-50(47,48)49)35(46)44-33-15-12-27(21-32(33)39)29-14-13-28(22-31(29)38)37(40,41)42/h4-17,21-22,30H,18-20H2,1-3H3,(H,43,45)(H,44,46)(H,47,48,49)/b17-16+. The molecule has 13 heteroatoms. The number of allylic oxidation sites excluding steroid dienone is 1. The van der Waals surface area contributed by atoms with Gasteiger partial charge in [-0.15, -0.1) is 0 Å². The Hall–Kier alpha value is -4.16. The van der Waals surface area contributed by atoms with Gasteiger partial charge >= 0.3 is 6.18 Å². The highest BCUT2D eigenvalue weighted by molar-refractivity contribution is 7.85. The summed E-state index contributed by atoms with van der Waals surface area (Å²) < 4.78 is 70.1. The van der Waals surface area contributed by atoms with Crippen LogP contribution in [0.4, 0.5) is 18.9 Å². The topological polar surface area (TPSA) is 113 Å². The summed E-state index contributed by atoms with van der Waals surface area (Å²) in [6.45, 7) is 6.00. The summed E-state index contributed by atoms with van der Waals surface area (Å²) in [5.41, 5.74) is 2.86. The van der Waals surface area contributed by atoms with Crippen LogP contribution in [-0.2, 0) is 27.5 Å². The van der Waals surface area contributed by atoms with Crippen molar-refractivity contribution in [3.05, 3.63) is 129 Å². The van der Waals surface area contributed by atoms with Crippen LogP contribution in [-0.4, -0.2) is 37.1 Å². The molecule has 4 rings (SSSR count). The molecule has 1 atom stereocenters. The molecule has 4 aromatic carbocycles. The lowest BCUT2D eigenvalue weighted by Crippen LogP contribution is -2.28. The van der Waals surface area contributed by atoms with Crippen molar-refractivity contribution in [3.63, 3.8) is 0 Å². The van der Waals surface area contributed by atoms with Crippen LogP contribution in [0.5, 0.6) is 0 Å². The second kappa shape index (κ2) is 15.8. The van der Waals surface area contributed by atoms with Crippen LogP contribution < -0.4 is 10.6 Å². The largest absolute Gasteiger partial charge is 0.416 e. The van der Waals surface area contributed by atoms with Crippen LogP contribution in [0, 0.1) is 5.41 Å². The summed E-state index contributed by atoms with van der Waals surface area (Å²) in [6, 6.07) is 21.7. The van der Waals surface area contributed by atoms with Crippen LogP contribution in [0.2, 0.25) is 10.0 Å². The molecule has 0 fully saturated rings. The third-order valence-corrected chi connectivity index (χ3v) is 8.91. The average Bonchev–Trinajstić information content (AvgIpc) is 3.02. The highest BCUT2D eigenvalue weighted by Gasteiger charge is 2.31. The molecule has 1 unspecified atom stereocenters. The third kappa shape index (κ3) is 11.2. The number of hydrogen-bond acceptors (Lipinski definition) is 4. The molecule has 0 spiro atoms. The van der Waals surface area contributed by atoms with Crippen molar-refractivity contribution < 1.29 is 35.7 Å². The number of halogens is 5. The zero-order valence-corrected chi connectivity index (χ0v) is 29.6. The van der Waals surface area contributed by atoms with Crippen molar-refractivity contribution in [1.82, 2.24) is 5.32 Å². The predicted molar refractivity (Wildman–Crippen MR) is 192 cm³/mol. The molecule has 0 saturated heterocycles. The lowest BCUT2D eigenvalue weighted by atomic mass is 9.89. The minimum atomic E-state index is -4.54. The Bertz CT molecular complexity index is 1990. The van der Waals surface area contributed by atoms with Crippen molar-refractivity contribution in [3.8, 4) is 11.1 Å². The smallest absolute Gasteiger partial charge is 0.351 e. The number of nitrogens with one attached hydrogen (secondary N) is 2. The molecule has 0 aliphatic heterocycles. The van der Waals surface area contributed by atoms with Gasteiger partial charge in [0.1, 0.15) is 0 Å². The SMILES string of the molecule is CC(C)(C)/C=C/c1ccc(C(Cc2ccc(C(=O)NCCS(=O)(=O)O)cc2)C(=O)Nc2ccc(-c3ccc(C(F)(F)F)cc3Cl)cc2Cl)cc1. The Morgan fingerprint density at radius 3 is 2.10 bits per heavy atom. The molecule has 50 heavy (non-hydrogen) atoms. The predicted octanol–water partition coefficient (Wildman–Crippen LogP) is 9.32. The zero-order chi connectivity index (χ0) is 36.9. The van der Waals surface area contributed by atoms with Gasteiger partial charge in [-0.2, -0.15) is 21.6 Å². The van der Waals surface area contributed by atoms with Gasteiger partial charge in [0.05, 0.1) is 27.9 Å². The first-order valence-corrected chi connectivity index (χ1v) is 17.7. The van der Waals surface area contributed by atoms with Gasteiger partial charge in [-0.3, -0.25) is 14.1 Å². The molecule has 4 aromatic rings. The van der Waals surface area contributed by atoms with E-state index < -0.39 is 39.4 Å². The van der Waals surface area contributed by atoms with Crippen LogP contribution in [0.15, 0.2) is 91.0 Å². The van der Waals surface area contributed by atoms with Crippen LogP contribution in [0.25, 0.3) is 17.2 Å². The first-order chi connectivity index (χ1) is 23.3. The highest BCUT2D eigenvalue weighted by Crippen LogP contribution is 2.38. The molecule has 0 bridgehead atoms. The lowest BCUT2D eigenvalue weighted by Gasteiger charge is -2.19. The van der Waals surface area contributed by atoms with Gasteiger partial charge in [0, 0.05) is 22.7 Å². The Morgan fingerprint density at radius 2 is 1.54 bits per heavy atom. The second-order valence-electron chi connectivity index (χ2n) is 12.7. The Morgan fingerprint density at radius 1 is 0.880 bits per heavy atom. The Labute approximate surface area is 299 Å². The molecule has 2 amide bonds. The van der Waals surface area contributed by atoms with E-state index in [1.54, 1.807) is 36.4 Å². The summed E-state index contributed by atoms with van der Waals surface area (Å²) in [4.78, 5) is 26.3. The quantitative estimate of drug-likeness (QED) is 0.133. The Balaban J connectivity index is 1.58. The van der Waals surface area contributed by atoms with E-state index in [9.17, 15) is 31.2 Å². The molecule has 0 radical (unpaired) electrons. The molecule has 3 N–H and O–H groups in total. The Kier molecular flexibility index (Phi) is 12.2. The number of benzene rings is 4. The molecular weight excluding hydrogens is 712 g/mol. The number of alkyl halides is 3. The minimum absolute atomic E-state index is 0.0205. The van der Waals surface area contributed by atoms with E-state index in [2.05, 4.69) is 37.5 Å². The fourth-order valence-electron chi connectivity index (χ4n) is 4.90. The fraction of sp³-hybridized carbons (Fsp3) is 0.243. The van der Waals surface area contributed by atoms with E-state index in [0.717, 1.165) is 23.3 Å². The van der Waals surface area contributed by atoms with Gasteiger partial charge < -0.3 is 10.6 Å². The summed E-state index contributed by atoms with van der Waals surface area (Å²) in [7, 11) is -4.22. The maximum Gasteiger partial charge on any atom is 0.416 e. The van der Waals surface area contributed by atoms with Crippen LogP contribution in [0.3, 0.4) is 0 Å².